The van der Waals surface area contributed by atoms with E-state index in [-0.39, 0.29) is 17.1 Å². The summed E-state index contributed by atoms with van der Waals surface area (Å²) in [6.45, 7) is -2.42. The Bertz CT molecular complexity index is 132. The van der Waals surface area contributed by atoms with E-state index in [2.05, 4.69) is 0 Å². The minimum Gasteiger partial charge on any atom is -0.394 e. The number of aliphatic hydroxyl groups is 6. The van der Waals surface area contributed by atoms with Gasteiger partial charge in [0.1, 0.15) is 0 Å². The fourth-order valence-corrected chi connectivity index (χ4v) is 0.300. The Hall–Kier alpha value is 0.199. The van der Waals surface area contributed by atoms with Crippen LogP contribution >= 0.6 is 0 Å². The van der Waals surface area contributed by atoms with Crippen molar-refractivity contribution in [3.05, 3.63) is 0 Å². The first-order valence-electron chi connectivity index (χ1n) is 4.60. The average Bonchev–Trinajstić information content (AvgIpc) is 2.37. The van der Waals surface area contributed by atoms with E-state index in [1.165, 1.54) is 0 Å². The number of hydrogen-bond donors (Lipinski definition) is 8. The molecule has 0 saturated carbocycles. The van der Waals surface area contributed by atoms with Gasteiger partial charge in [0.25, 0.3) is 0 Å². The van der Waals surface area contributed by atoms with Crippen LogP contribution in [0.1, 0.15) is 0 Å². The van der Waals surface area contributed by atoms with Crippen molar-refractivity contribution < 1.29 is 47.7 Å². The van der Waals surface area contributed by atoms with Crippen LogP contribution in [0, 0.1) is 0 Å². The molecule has 0 aromatic rings. The Kier molecular flexibility index (Phi) is 14.9. The van der Waals surface area contributed by atoms with Crippen LogP contribution in [0.3, 0.4) is 0 Å². The summed E-state index contributed by atoms with van der Waals surface area (Å²) >= 11 is 0. The van der Waals surface area contributed by atoms with Crippen LogP contribution in [0.25, 0.3) is 0 Å². The molecule has 0 aromatic heterocycles. The van der Waals surface area contributed by atoms with Gasteiger partial charge in [-0.15, -0.1) is 0 Å². The molecular weight excluding hydrogens is 284 g/mol. The first-order valence-corrected chi connectivity index (χ1v) is 4.60. The maximum absolute atomic E-state index is 8.34. The Morgan fingerprint density at radius 2 is 0.647 bits per heavy atom. The molecule has 0 aromatic carbocycles. The van der Waals surface area contributed by atoms with Crippen LogP contribution in [0.4, 0.5) is 0 Å². The van der Waals surface area contributed by atoms with Crippen LogP contribution in [-0.4, -0.2) is 81.4 Å². The van der Waals surface area contributed by atoms with Gasteiger partial charge in [-0.3, -0.25) is 0 Å². The molecule has 0 aliphatic heterocycles. The molecule has 17 heavy (non-hydrogen) atoms. The van der Waals surface area contributed by atoms with Gasteiger partial charge < -0.3 is 42.1 Å². The molecule has 9 heteroatoms. The first-order chi connectivity index (χ1) is 7.36. The van der Waals surface area contributed by atoms with E-state index in [9.17, 15) is 0 Å². The molecule has 0 rings (SSSR count). The van der Waals surface area contributed by atoms with Crippen molar-refractivity contribution in [2.75, 3.05) is 39.6 Å². The standard InChI is InChI=1S/2C4H11NO3.Cu/c2*5-4(1-6,2-7)3-8;/h2*6-8H,1-3,5H2;/q;;+2. The van der Waals surface area contributed by atoms with Gasteiger partial charge in [-0.25, -0.2) is 0 Å². The smallest absolute Gasteiger partial charge is 0.394 e. The minimum atomic E-state index is -1.21. The van der Waals surface area contributed by atoms with Crippen LogP contribution < -0.4 is 11.5 Å². The van der Waals surface area contributed by atoms with Gasteiger partial charge in [0.2, 0.25) is 0 Å². The van der Waals surface area contributed by atoms with Gasteiger partial charge in [-0.05, 0) is 0 Å². The van der Waals surface area contributed by atoms with Crippen LogP contribution in [0.2, 0.25) is 0 Å². The van der Waals surface area contributed by atoms with Gasteiger partial charge in [0.05, 0.1) is 50.7 Å². The molecule has 0 aliphatic rings. The summed E-state index contributed by atoms with van der Waals surface area (Å²) in [7, 11) is 0. The Morgan fingerprint density at radius 1 is 0.529 bits per heavy atom. The molecule has 0 heterocycles. The van der Waals surface area contributed by atoms with Crippen LogP contribution in [-0.2, 0) is 17.1 Å². The predicted molar refractivity (Wildman–Crippen MR) is 56.4 cm³/mol. The topological polar surface area (TPSA) is 173 Å². The predicted octanol–water partition coefficient (Wildman–Crippen LogP) is -4.68. The summed E-state index contributed by atoms with van der Waals surface area (Å²) in [6.07, 6.45) is 0. The third kappa shape index (κ3) is 9.86. The fourth-order valence-electron chi connectivity index (χ4n) is 0.300. The van der Waals surface area contributed by atoms with Crippen LogP contribution in [0.5, 0.6) is 0 Å². The third-order valence-electron chi connectivity index (χ3n) is 1.89. The maximum Gasteiger partial charge on any atom is 2.00 e. The number of rotatable bonds is 6. The normalized spacial score (nSPS) is 11.3. The average molecular weight is 306 g/mol. The summed E-state index contributed by atoms with van der Waals surface area (Å²) in [5.74, 6) is 0. The summed E-state index contributed by atoms with van der Waals surface area (Å²) in [5.41, 5.74) is 7.88. The van der Waals surface area contributed by atoms with Crippen molar-refractivity contribution in [3.63, 3.8) is 0 Å². The molecule has 0 aliphatic carbocycles. The summed E-state index contributed by atoms with van der Waals surface area (Å²) in [4.78, 5) is 0. The van der Waals surface area contributed by atoms with E-state index in [1.807, 2.05) is 0 Å². The number of aliphatic hydroxyl groups excluding tert-OH is 6. The maximum atomic E-state index is 8.34. The molecule has 8 nitrogen and oxygen atoms in total. The largest absolute Gasteiger partial charge is 2.00 e. The zero-order valence-electron chi connectivity index (χ0n) is 9.38. The second kappa shape index (κ2) is 11.3. The van der Waals surface area contributed by atoms with Gasteiger partial charge in [0, 0.05) is 0 Å². The second-order valence-electron chi connectivity index (χ2n) is 3.67. The van der Waals surface area contributed by atoms with E-state index in [0.29, 0.717) is 0 Å². The summed E-state index contributed by atoms with van der Waals surface area (Å²) in [5, 5.41) is 50.0. The first kappa shape index (κ1) is 22.4. The number of hydrogen-bond acceptors (Lipinski definition) is 8. The van der Waals surface area contributed by atoms with Gasteiger partial charge in [0.15, 0.2) is 0 Å². The molecule has 0 atom stereocenters. The van der Waals surface area contributed by atoms with E-state index in [4.69, 9.17) is 42.1 Å². The van der Waals surface area contributed by atoms with Crippen molar-refractivity contribution in [2.45, 2.75) is 11.1 Å². The number of nitrogens with two attached hydrogens (primary N) is 2. The van der Waals surface area contributed by atoms with Crippen molar-refractivity contribution >= 4 is 0 Å². The summed E-state index contributed by atoms with van der Waals surface area (Å²) < 4.78 is 0. The minimum absolute atomic E-state index is 0. The molecular formula is C8H22CuN2O6+2. The van der Waals surface area contributed by atoms with E-state index in [0.717, 1.165) is 0 Å². The Morgan fingerprint density at radius 3 is 0.647 bits per heavy atom. The molecule has 0 bridgehead atoms. The van der Waals surface area contributed by atoms with E-state index >= 15 is 0 Å². The fraction of sp³-hybridized carbons (Fsp3) is 1.00. The molecule has 109 valence electrons. The van der Waals surface area contributed by atoms with Crippen molar-refractivity contribution in [1.82, 2.24) is 0 Å². The van der Waals surface area contributed by atoms with Crippen molar-refractivity contribution in [2.24, 2.45) is 11.5 Å². The zero-order valence-corrected chi connectivity index (χ0v) is 10.3. The Balaban J connectivity index is -0.000000218. The zero-order chi connectivity index (χ0) is 13.2. The molecule has 0 fully saturated rings. The molecule has 10 N–H and O–H groups in total. The second-order valence-corrected chi connectivity index (χ2v) is 3.67. The quantitative estimate of drug-likeness (QED) is 0.226. The molecule has 0 amide bonds. The SMILES string of the molecule is NC(CO)(CO)CO.NC(CO)(CO)CO.[Cu+2]. The monoisotopic (exact) mass is 305 g/mol. The molecule has 0 saturated heterocycles. The molecule has 1 radical (unpaired) electrons. The van der Waals surface area contributed by atoms with Crippen molar-refractivity contribution in [3.8, 4) is 0 Å². The van der Waals surface area contributed by atoms with Gasteiger partial charge in [-0.1, -0.05) is 0 Å². The third-order valence-corrected chi connectivity index (χ3v) is 1.89. The molecule has 0 unspecified atom stereocenters. The van der Waals surface area contributed by atoms with E-state index < -0.39 is 50.7 Å². The molecule has 0 spiro atoms. The van der Waals surface area contributed by atoms with Gasteiger partial charge in [-0.2, -0.15) is 0 Å². The van der Waals surface area contributed by atoms with E-state index in [1.54, 1.807) is 0 Å². The Labute approximate surface area is 110 Å². The van der Waals surface area contributed by atoms with Crippen molar-refractivity contribution in [1.29, 1.82) is 0 Å². The van der Waals surface area contributed by atoms with Crippen LogP contribution in [0.15, 0.2) is 0 Å². The van der Waals surface area contributed by atoms with Gasteiger partial charge >= 0.3 is 17.1 Å². The summed E-state index contributed by atoms with van der Waals surface area (Å²) in [6, 6.07) is 0.